The minimum absolute atomic E-state index is 0.0651. The minimum atomic E-state index is -3.20. The molecule has 0 spiro atoms. The van der Waals surface area contributed by atoms with E-state index in [1.165, 1.54) is 41.4 Å². The maximum Gasteiger partial charge on any atom is 0.335 e. The van der Waals surface area contributed by atoms with Crippen LogP contribution < -0.4 is 21.0 Å². The van der Waals surface area contributed by atoms with Crippen LogP contribution in [0.15, 0.2) is 42.5 Å². The fourth-order valence-electron chi connectivity index (χ4n) is 3.70. The van der Waals surface area contributed by atoms with Gasteiger partial charge in [0.05, 0.1) is 30.9 Å². The summed E-state index contributed by atoms with van der Waals surface area (Å²) in [6.45, 7) is 0.978. The second-order valence-corrected chi connectivity index (χ2v) is 8.18. The summed E-state index contributed by atoms with van der Waals surface area (Å²) in [5.74, 6) is -3.50. The Morgan fingerprint density at radius 2 is 1.76 bits per heavy atom. The van der Waals surface area contributed by atoms with Crippen molar-refractivity contribution in [3.05, 3.63) is 59.4 Å². The molecule has 4 N–H and O–H groups in total. The molecule has 0 radical (unpaired) electrons. The molecule has 38 heavy (non-hydrogen) atoms. The SMILES string of the molecule is O=CO[C@@H](CNC(=O)C(F)F)CNc1ccc(N2CCNN(C(=O)c3ccc(C(=O)O)cc3)CC2)c(F)c1. The van der Waals surface area contributed by atoms with Crippen LogP contribution in [-0.4, -0.2) is 86.2 Å². The van der Waals surface area contributed by atoms with E-state index in [4.69, 9.17) is 9.84 Å². The van der Waals surface area contributed by atoms with E-state index in [1.807, 2.05) is 5.32 Å². The summed E-state index contributed by atoms with van der Waals surface area (Å²) >= 11 is 0. The number of rotatable bonds is 11. The van der Waals surface area contributed by atoms with Crippen molar-refractivity contribution in [1.82, 2.24) is 15.8 Å². The van der Waals surface area contributed by atoms with Crippen LogP contribution in [0.5, 0.6) is 0 Å². The number of alkyl halides is 2. The number of halogens is 3. The zero-order valence-electron chi connectivity index (χ0n) is 20.0. The zero-order valence-corrected chi connectivity index (χ0v) is 20.0. The van der Waals surface area contributed by atoms with E-state index in [2.05, 4.69) is 10.7 Å². The second kappa shape index (κ2) is 13.3. The number of nitrogens with zero attached hydrogens (tertiary/aromatic N) is 2. The van der Waals surface area contributed by atoms with Crippen LogP contribution in [0.2, 0.25) is 0 Å². The summed E-state index contributed by atoms with van der Waals surface area (Å²) in [5.41, 5.74) is 3.99. The first kappa shape index (κ1) is 28.2. The Labute approximate surface area is 215 Å². The Morgan fingerprint density at radius 3 is 2.39 bits per heavy atom. The molecule has 1 aliphatic heterocycles. The van der Waals surface area contributed by atoms with Crippen LogP contribution in [0, 0.1) is 5.82 Å². The molecule has 0 aliphatic carbocycles. The van der Waals surface area contributed by atoms with Gasteiger partial charge >= 0.3 is 12.4 Å². The van der Waals surface area contributed by atoms with Gasteiger partial charge in [0.2, 0.25) is 0 Å². The van der Waals surface area contributed by atoms with Crippen LogP contribution in [0.4, 0.5) is 24.5 Å². The highest BCUT2D eigenvalue weighted by Crippen LogP contribution is 2.23. The van der Waals surface area contributed by atoms with Crippen LogP contribution in [0.1, 0.15) is 20.7 Å². The van der Waals surface area contributed by atoms with Crippen molar-refractivity contribution in [2.75, 3.05) is 49.5 Å². The number of carboxylic acid groups (broad SMARTS) is 1. The summed E-state index contributed by atoms with van der Waals surface area (Å²) < 4.78 is 44.4. The van der Waals surface area contributed by atoms with E-state index in [0.29, 0.717) is 36.6 Å². The zero-order chi connectivity index (χ0) is 27.7. The number of hydrogen-bond donors (Lipinski definition) is 4. The normalized spacial score (nSPS) is 14.4. The molecule has 0 aromatic heterocycles. The number of aromatic carboxylic acids is 1. The predicted molar refractivity (Wildman–Crippen MR) is 129 cm³/mol. The van der Waals surface area contributed by atoms with E-state index in [0.717, 1.165) is 0 Å². The van der Waals surface area contributed by atoms with Crippen molar-refractivity contribution in [2.45, 2.75) is 12.5 Å². The van der Waals surface area contributed by atoms with Gasteiger partial charge in [-0.3, -0.25) is 19.4 Å². The highest BCUT2D eigenvalue weighted by molar-refractivity contribution is 5.95. The van der Waals surface area contributed by atoms with E-state index in [9.17, 15) is 32.3 Å². The fraction of sp³-hybridized carbons (Fsp3) is 0.333. The second-order valence-electron chi connectivity index (χ2n) is 8.18. The Kier molecular flexibility index (Phi) is 9.87. The smallest absolute Gasteiger partial charge is 0.335 e. The van der Waals surface area contributed by atoms with Gasteiger partial charge < -0.3 is 25.4 Å². The molecule has 2 aromatic rings. The number of nitrogens with one attached hydrogen (secondary N) is 3. The van der Waals surface area contributed by atoms with Crippen molar-refractivity contribution in [3.63, 3.8) is 0 Å². The summed E-state index contributed by atoms with van der Waals surface area (Å²) in [6, 6.07) is 9.89. The summed E-state index contributed by atoms with van der Waals surface area (Å²) in [6.07, 6.45) is -4.16. The van der Waals surface area contributed by atoms with Crippen molar-refractivity contribution in [2.24, 2.45) is 0 Å². The van der Waals surface area contributed by atoms with E-state index in [-0.39, 0.29) is 37.6 Å². The molecule has 1 aliphatic rings. The Morgan fingerprint density at radius 1 is 1.05 bits per heavy atom. The average molecular weight is 537 g/mol. The first-order chi connectivity index (χ1) is 18.2. The van der Waals surface area contributed by atoms with Gasteiger partial charge in [-0.15, -0.1) is 0 Å². The van der Waals surface area contributed by atoms with Crippen molar-refractivity contribution in [3.8, 4) is 0 Å². The number of ether oxygens (including phenoxy) is 1. The lowest BCUT2D eigenvalue weighted by Gasteiger charge is -2.24. The van der Waals surface area contributed by atoms with Gasteiger partial charge in [0.1, 0.15) is 11.9 Å². The Hall–Kier alpha value is -4.33. The molecule has 1 heterocycles. The molecule has 2 aromatic carbocycles. The molecule has 0 bridgehead atoms. The molecule has 1 saturated heterocycles. The standard InChI is InChI=1S/C24H26F3N5O6/c25-19-11-17(28-12-18(38-14-33)13-29-22(34)21(26)27)5-6-20(19)31-8-7-30-32(10-9-31)23(35)15-1-3-16(4-2-15)24(36)37/h1-6,11,14,18,21,28,30H,7-10,12-13H2,(H,29,34)(H,36,37)/t18-/m1/s1. The molecule has 1 fully saturated rings. The third kappa shape index (κ3) is 7.59. The van der Waals surface area contributed by atoms with E-state index < -0.39 is 30.2 Å². The molecular formula is C24H26F3N5O6. The number of amides is 2. The highest BCUT2D eigenvalue weighted by Gasteiger charge is 2.23. The fourth-order valence-corrected chi connectivity index (χ4v) is 3.70. The number of carbonyl (C=O) groups is 4. The van der Waals surface area contributed by atoms with Crippen molar-refractivity contribution < 1.29 is 42.2 Å². The largest absolute Gasteiger partial charge is 0.478 e. The van der Waals surface area contributed by atoms with Gasteiger partial charge in [0.25, 0.3) is 18.3 Å². The number of hydrogen-bond acceptors (Lipinski definition) is 8. The molecule has 204 valence electrons. The summed E-state index contributed by atoms with van der Waals surface area (Å²) in [7, 11) is 0. The van der Waals surface area contributed by atoms with Crippen LogP contribution in [-0.2, 0) is 14.3 Å². The predicted octanol–water partition coefficient (Wildman–Crippen LogP) is 1.33. The third-order valence-electron chi connectivity index (χ3n) is 5.67. The molecule has 2 amide bonds. The average Bonchev–Trinajstić information content (AvgIpc) is 3.16. The lowest BCUT2D eigenvalue weighted by Crippen LogP contribution is -2.43. The minimum Gasteiger partial charge on any atom is -0.478 e. The summed E-state index contributed by atoms with van der Waals surface area (Å²) in [5, 5.41) is 15.2. The number of carboxylic acids is 1. The van der Waals surface area contributed by atoms with Crippen LogP contribution in [0.25, 0.3) is 0 Å². The molecule has 0 unspecified atom stereocenters. The van der Waals surface area contributed by atoms with E-state index >= 15 is 0 Å². The van der Waals surface area contributed by atoms with Gasteiger partial charge in [-0.1, -0.05) is 0 Å². The molecule has 14 heteroatoms. The topological polar surface area (TPSA) is 140 Å². The quantitative estimate of drug-likeness (QED) is 0.313. The lowest BCUT2D eigenvalue weighted by atomic mass is 10.1. The van der Waals surface area contributed by atoms with Crippen molar-refractivity contribution >= 4 is 35.6 Å². The number of carbonyl (C=O) groups excluding carboxylic acids is 3. The monoisotopic (exact) mass is 537 g/mol. The Balaban J connectivity index is 1.57. The third-order valence-corrected chi connectivity index (χ3v) is 5.67. The van der Waals surface area contributed by atoms with Crippen LogP contribution in [0.3, 0.4) is 0 Å². The molecule has 1 atom stereocenters. The summed E-state index contributed by atoms with van der Waals surface area (Å²) in [4.78, 5) is 47.2. The first-order valence-corrected chi connectivity index (χ1v) is 11.5. The van der Waals surface area contributed by atoms with Gasteiger partial charge in [-0.25, -0.2) is 14.6 Å². The lowest BCUT2D eigenvalue weighted by molar-refractivity contribution is -0.136. The first-order valence-electron chi connectivity index (χ1n) is 11.5. The number of hydrazine groups is 1. The van der Waals surface area contributed by atoms with Crippen LogP contribution >= 0.6 is 0 Å². The molecule has 3 rings (SSSR count). The van der Waals surface area contributed by atoms with Gasteiger partial charge in [0, 0.05) is 30.9 Å². The van der Waals surface area contributed by atoms with Gasteiger partial charge in [-0.05, 0) is 42.5 Å². The van der Waals surface area contributed by atoms with Gasteiger partial charge in [-0.2, -0.15) is 8.78 Å². The van der Waals surface area contributed by atoms with Gasteiger partial charge in [0.15, 0.2) is 0 Å². The molecule has 0 saturated carbocycles. The Bertz CT molecular complexity index is 1150. The highest BCUT2D eigenvalue weighted by atomic mass is 19.3. The maximum absolute atomic E-state index is 14.9. The maximum atomic E-state index is 14.9. The van der Waals surface area contributed by atoms with E-state index in [1.54, 1.807) is 11.0 Å². The number of benzene rings is 2. The molecule has 11 nitrogen and oxygen atoms in total. The molecular weight excluding hydrogens is 511 g/mol. The van der Waals surface area contributed by atoms with Crippen molar-refractivity contribution in [1.29, 1.82) is 0 Å². The number of anilines is 2.